The van der Waals surface area contributed by atoms with E-state index in [1.807, 2.05) is 39.8 Å². The van der Waals surface area contributed by atoms with Gasteiger partial charge in [-0.2, -0.15) is 0 Å². The van der Waals surface area contributed by atoms with Crippen LogP contribution in [0.5, 0.6) is 0 Å². The first-order valence-electron chi connectivity index (χ1n) is 7.95. The fourth-order valence-electron chi connectivity index (χ4n) is 4.42. The van der Waals surface area contributed by atoms with Crippen LogP contribution in [0.3, 0.4) is 0 Å². The van der Waals surface area contributed by atoms with Crippen molar-refractivity contribution in [1.29, 1.82) is 0 Å². The molecule has 1 aromatic carbocycles. The third kappa shape index (κ3) is 1.80. The van der Waals surface area contributed by atoms with Crippen LogP contribution in [0.2, 0.25) is 0 Å². The van der Waals surface area contributed by atoms with E-state index >= 15 is 0 Å². The Labute approximate surface area is 142 Å². The van der Waals surface area contributed by atoms with E-state index in [2.05, 4.69) is 12.1 Å². The number of hydrogen-bond acceptors (Lipinski definition) is 4. The van der Waals surface area contributed by atoms with E-state index in [-0.39, 0.29) is 0 Å². The standard InChI is InChI=1S/C20H22O4/c1-11-7-8-12(2)14-13(11)19(3)9-10-20(14,4)16(18(22)24-6)15(19)17(21)23-5/h7-10H,1-6H3/t19-,20+. The van der Waals surface area contributed by atoms with Crippen molar-refractivity contribution in [2.45, 2.75) is 38.5 Å². The van der Waals surface area contributed by atoms with Crippen LogP contribution in [0.1, 0.15) is 36.1 Å². The third-order valence-electron chi connectivity index (χ3n) is 5.48. The van der Waals surface area contributed by atoms with Gasteiger partial charge >= 0.3 is 11.9 Å². The molecule has 126 valence electrons. The van der Waals surface area contributed by atoms with Gasteiger partial charge in [0.15, 0.2) is 0 Å². The molecule has 4 rings (SSSR count). The quantitative estimate of drug-likeness (QED) is 0.619. The number of hydrogen-bond donors (Lipinski definition) is 0. The highest BCUT2D eigenvalue weighted by Gasteiger charge is 2.55. The number of aryl methyl sites for hydroxylation is 2. The van der Waals surface area contributed by atoms with Crippen LogP contribution in [0.4, 0.5) is 0 Å². The predicted molar refractivity (Wildman–Crippen MR) is 90.8 cm³/mol. The fourth-order valence-corrected chi connectivity index (χ4v) is 4.42. The molecule has 0 spiro atoms. The van der Waals surface area contributed by atoms with Gasteiger partial charge in [-0.3, -0.25) is 0 Å². The highest BCUT2D eigenvalue weighted by molar-refractivity contribution is 6.07. The summed E-state index contributed by atoms with van der Waals surface area (Å²) < 4.78 is 10.0. The third-order valence-corrected chi connectivity index (χ3v) is 5.48. The van der Waals surface area contributed by atoms with Crippen molar-refractivity contribution in [2.75, 3.05) is 14.2 Å². The number of carbonyl (C=O) groups excluding carboxylic acids is 2. The van der Waals surface area contributed by atoms with Gasteiger partial charge in [-0.1, -0.05) is 24.3 Å². The molecule has 0 radical (unpaired) electrons. The summed E-state index contributed by atoms with van der Waals surface area (Å²) >= 11 is 0. The lowest BCUT2D eigenvalue weighted by Gasteiger charge is -2.49. The molecule has 0 aliphatic heterocycles. The van der Waals surface area contributed by atoms with Crippen LogP contribution in [0.25, 0.3) is 0 Å². The summed E-state index contributed by atoms with van der Waals surface area (Å²) in [6, 6.07) is 4.12. The molecule has 2 atom stereocenters. The van der Waals surface area contributed by atoms with Crippen molar-refractivity contribution in [1.82, 2.24) is 0 Å². The predicted octanol–water partition coefficient (Wildman–Crippen LogP) is 3.04. The maximum absolute atomic E-state index is 12.6. The molecule has 1 aromatic rings. The molecule has 0 heterocycles. The van der Waals surface area contributed by atoms with Crippen LogP contribution < -0.4 is 0 Å². The lowest BCUT2D eigenvalue weighted by molar-refractivity contribution is -0.140. The minimum atomic E-state index is -0.709. The minimum absolute atomic E-state index is 0.378. The normalized spacial score (nSPS) is 27.1. The van der Waals surface area contributed by atoms with E-state index in [4.69, 9.17) is 9.47 Å². The number of ether oxygens (including phenoxy) is 2. The van der Waals surface area contributed by atoms with Gasteiger partial charge in [0.05, 0.1) is 25.4 Å². The Morgan fingerprint density at radius 1 is 0.792 bits per heavy atom. The van der Waals surface area contributed by atoms with Gasteiger partial charge in [-0.25, -0.2) is 9.59 Å². The summed E-state index contributed by atoms with van der Waals surface area (Å²) in [5, 5.41) is 0. The maximum atomic E-state index is 12.6. The van der Waals surface area contributed by atoms with Crippen LogP contribution in [0.15, 0.2) is 35.4 Å². The summed E-state index contributed by atoms with van der Waals surface area (Å²) in [5.74, 6) is -0.972. The smallest absolute Gasteiger partial charge is 0.335 e. The van der Waals surface area contributed by atoms with Crippen molar-refractivity contribution in [2.24, 2.45) is 0 Å². The number of benzene rings is 1. The molecule has 3 aliphatic carbocycles. The Morgan fingerprint density at radius 3 is 1.42 bits per heavy atom. The molecular formula is C20H22O4. The van der Waals surface area contributed by atoms with Gasteiger partial charge in [0.2, 0.25) is 0 Å². The number of carbonyl (C=O) groups is 2. The second kappa shape index (κ2) is 5.07. The Morgan fingerprint density at radius 2 is 1.12 bits per heavy atom. The van der Waals surface area contributed by atoms with E-state index in [0.717, 1.165) is 22.3 Å². The van der Waals surface area contributed by atoms with Crippen molar-refractivity contribution in [3.63, 3.8) is 0 Å². The topological polar surface area (TPSA) is 52.6 Å². The van der Waals surface area contributed by atoms with E-state index in [0.29, 0.717) is 11.1 Å². The van der Waals surface area contributed by atoms with E-state index in [9.17, 15) is 9.59 Å². The molecule has 2 bridgehead atoms. The lowest BCUT2D eigenvalue weighted by Crippen LogP contribution is -2.48. The zero-order valence-electron chi connectivity index (χ0n) is 14.9. The number of rotatable bonds is 2. The fraction of sp³-hybridized carbons (Fsp3) is 0.400. The van der Waals surface area contributed by atoms with Crippen molar-refractivity contribution in [3.05, 3.63) is 57.7 Å². The second-order valence-electron chi connectivity index (χ2n) is 6.92. The van der Waals surface area contributed by atoms with E-state index in [1.165, 1.54) is 14.2 Å². The Balaban J connectivity index is 2.49. The SMILES string of the molecule is COC(=O)C1=C(C(=O)OC)[C@@]2(C)C=C[C@]1(C)c1c(C)ccc(C)c12. The Hall–Kier alpha value is -2.36. The first-order valence-corrected chi connectivity index (χ1v) is 7.95. The van der Waals surface area contributed by atoms with E-state index < -0.39 is 22.8 Å². The van der Waals surface area contributed by atoms with Crippen LogP contribution in [-0.4, -0.2) is 26.2 Å². The molecule has 24 heavy (non-hydrogen) atoms. The van der Waals surface area contributed by atoms with Crippen LogP contribution in [-0.2, 0) is 29.9 Å². The molecule has 0 unspecified atom stereocenters. The molecule has 0 saturated carbocycles. The Bertz CT molecular complexity index is 763. The highest BCUT2D eigenvalue weighted by Crippen LogP contribution is 2.57. The Kier molecular flexibility index (Phi) is 3.48. The molecular weight excluding hydrogens is 304 g/mol. The molecule has 0 saturated heterocycles. The van der Waals surface area contributed by atoms with Gasteiger partial charge in [-0.15, -0.1) is 0 Å². The largest absolute Gasteiger partial charge is 0.466 e. The van der Waals surface area contributed by atoms with Gasteiger partial charge in [0.25, 0.3) is 0 Å². The van der Waals surface area contributed by atoms with Gasteiger partial charge in [-0.05, 0) is 49.9 Å². The monoisotopic (exact) mass is 326 g/mol. The zero-order chi connectivity index (χ0) is 17.9. The summed E-state index contributed by atoms with van der Waals surface area (Å²) in [6.07, 6.45) is 4.03. The lowest BCUT2D eigenvalue weighted by atomic mass is 9.52. The first-order chi connectivity index (χ1) is 11.2. The molecule has 0 aromatic heterocycles. The first kappa shape index (κ1) is 16.5. The molecule has 3 aliphatic rings. The summed E-state index contributed by atoms with van der Waals surface area (Å²) in [4.78, 5) is 25.2. The summed E-state index contributed by atoms with van der Waals surface area (Å²) in [7, 11) is 2.68. The van der Waals surface area contributed by atoms with Crippen molar-refractivity contribution in [3.8, 4) is 0 Å². The molecule has 0 N–H and O–H groups in total. The second-order valence-corrected chi connectivity index (χ2v) is 6.92. The average Bonchev–Trinajstić information content (AvgIpc) is 2.56. The molecule has 0 fully saturated rings. The molecule has 4 nitrogen and oxygen atoms in total. The van der Waals surface area contributed by atoms with Crippen molar-refractivity contribution < 1.29 is 19.1 Å². The maximum Gasteiger partial charge on any atom is 0.335 e. The van der Waals surface area contributed by atoms with Gasteiger partial charge in [0, 0.05) is 10.8 Å². The van der Waals surface area contributed by atoms with E-state index in [1.54, 1.807) is 0 Å². The zero-order valence-corrected chi connectivity index (χ0v) is 14.9. The average molecular weight is 326 g/mol. The number of methoxy groups -OCH3 is 2. The summed E-state index contributed by atoms with van der Waals surface area (Å²) in [6.45, 7) is 7.99. The summed E-state index contributed by atoms with van der Waals surface area (Å²) in [5.41, 5.74) is 3.70. The van der Waals surface area contributed by atoms with Gasteiger partial charge < -0.3 is 9.47 Å². The van der Waals surface area contributed by atoms with Crippen LogP contribution in [0, 0.1) is 13.8 Å². The van der Waals surface area contributed by atoms with Crippen LogP contribution >= 0.6 is 0 Å². The van der Waals surface area contributed by atoms with Crippen molar-refractivity contribution >= 4 is 11.9 Å². The molecule has 0 amide bonds. The number of allylic oxidation sites excluding steroid dienone is 2. The highest BCUT2D eigenvalue weighted by atomic mass is 16.5. The van der Waals surface area contributed by atoms with Gasteiger partial charge in [0.1, 0.15) is 0 Å². The minimum Gasteiger partial charge on any atom is -0.466 e. The molecule has 4 heteroatoms. The number of esters is 2.